The summed E-state index contributed by atoms with van der Waals surface area (Å²) in [6.45, 7) is 2.06. The minimum atomic E-state index is 0.721. The summed E-state index contributed by atoms with van der Waals surface area (Å²) in [5, 5.41) is 0.751. The van der Waals surface area contributed by atoms with Gasteiger partial charge in [0.15, 0.2) is 3.95 Å². The third kappa shape index (κ3) is 1.71. The molecule has 14 heavy (non-hydrogen) atoms. The molecule has 0 amide bonds. The van der Waals surface area contributed by atoms with Crippen molar-refractivity contribution in [2.24, 2.45) is 0 Å². The van der Waals surface area contributed by atoms with Crippen molar-refractivity contribution in [1.82, 2.24) is 4.98 Å². The van der Waals surface area contributed by atoms with Gasteiger partial charge in [-0.3, -0.25) is 0 Å². The fourth-order valence-electron chi connectivity index (χ4n) is 1.36. The molecule has 0 radical (unpaired) electrons. The van der Waals surface area contributed by atoms with Gasteiger partial charge in [-0.15, -0.1) is 0 Å². The zero-order valence-corrected chi connectivity index (χ0v) is 9.34. The van der Waals surface area contributed by atoms with Gasteiger partial charge in [0.2, 0.25) is 0 Å². The molecule has 0 fully saturated rings. The molecular weight excluding hydrogens is 212 g/mol. The first kappa shape index (κ1) is 9.43. The van der Waals surface area contributed by atoms with Crippen LogP contribution in [0.3, 0.4) is 0 Å². The molecule has 0 spiro atoms. The minimum absolute atomic E-state index is 0.721. The van der Waals surface area contributed by atoms with Gasteiger partial charge < -0.3 is 10.7 Å². The summed E-state index contributed by atoms with van der Waals surface area (Å²) < 4.78 is 0.721. The van der Waals surface area contributed by atoms with Crippen LogP contribution in [-0.2, 0) is 0 Å². The maximum absolute atomic E-state index is 5.84. The van der Waals surface area contributed by atoms with E-state index in [1.54, 1.807) is 0 Å². The van der Waals surface area contributed by atoms with Crippen LogP contribution in [0, 0.1) is 10.9 Å². The van der Waals surface area contributed by atoms with Crippen molar-refractivity contribution < 1.29 is 0 Å². The first-order chi connectivity index (χ1) is 6.66. The number of hydrogen-bond acceptors (Lipinski definition) is 3. The average molecular weight is 222 g/mol. The highest BCUT2D eigenvalue weighted by atomic mass is 32.1. The third-order valence-electron chi connectivity index (χ3n) is 1.98. The van der Waals surface area contributed by atoms with Crippen molar-refractivity contribution in [3.05, 3.63) is 33.8 Å². The number of nitrogens with one attached hydrogen (secondary N) is 1. The lowest BCUT2D eigenvalue weighted by molar-refractivity contribution is 1.37. The number of aryl methyl sites for hydroxylation is 1. The lowest BCUT2D eigenvalue weighted by Crippen LogP contribution is -1.85. The highest BCUT2D eigenvalue weighted by Gasteiger charge is 2.04. The summed E-state index contributed by atoms with van der Waals surface area (Å²) >= 11 is 6.44. The topological polar surface area (TPSA) is 41.8 Å². The molecule has 3 N–H and O–H groups in total. The Balaban J connectivity index is 2.59. The first-order valence-corrected chi connectivity index (χ1v) is 5.45. The number of benzene rings is 1. The quantitative estimate of drug-likeness (QED) is 0.726. The van der Waals surface area contributed by atoms with Gasteiger partial charge in [-0.05, 0) is 25.2 Å². The first-order valence-electron chi connectivity index (χ1n) is 4.22. The molecule has 2 rings (SSSR count). The van der Waals surface area contributed by atoms with Crippen LogP contribution in [0.1, 0.15) is 5.56 Å². The largest absolute Gasteiger partial charge is 0.389 e. The van der Waals surface area contributed by atoms with Gasteiger partial charge in [0.25, 0.3) is 0 Å². The lowest BCUT2D eigenvalue weighted by atomic mass is 10.1. The number of H-pyrrole nitrogens is 1. The van der Waals surface area contributed by atoms with Crippen LogP contribution in [0.15, 0.2) is 24.3 Å². The van der Waals surface area contributed by atoms with Crippen LogP contribution in [0.5, 0.6) is 0 Å². The molecule has 1 aromatic heterocycles. The predicted molar refractivity (Wildman–Crippen MR) is 64.1 cm³/mol. The smallest absolute Gasteiger partial charge is 0.160 e. The molecule has 0 aliphatic rings. The molecule has 0 saturated heterocycles. The number of rotatable bonds is 1. The monoisotopic (exact) mass is 222 g/mol. The summed E-state index contributed by atoms with van der Waals surface area (Å²) in [7, 11) is 0. The molecule has 2 nitrogen and oxygen atoms in total. The van der Waals surface area contributed by atoms with Crippen molar-refractivity contribution in [2.45, 2.75) is 6.92 Å². The molecule has 0 bridgehead atoms. The fourth-order valence-corrected chi connectivity index (χ4v) is 2.35. The van der Waals surface area contributed by atoms with E-state index in [2.05, 4.69) is 24.0 Å². The summed E-state index contributed by atoms with van der Waals surface area (Å²) in [6.07, 6.45) is 0. The van der Waals surface area contributed by atoms with Gasteiger partial charge in [0.05, 0.1) is 5.69 Å². The van der Waals surface area contributed by atoms with Gasteiger partial charge in [-0.25, -0.2) is 0 Å². The molecule has 0 aliphatic heterocycles. The Hall–Kier alpha value is -1.13. The lowest BCUT2D eigenvalue weighted by Gasteiger charge is -2.00. The summed E-state index contributed by atoms with van der Waals surface area (Å²) in [6, 6.07) is 8.18. The summed E-state index contributed by atoms with van der Waals surface area (Å²) in [5.74, 6) is 0. The Bertz CT molecular complexity index is 511. The highest BCUT2D eigenvalue weighted by molar-refractivity contribution is 7.73. The SMILES string of the molecule is Cc1cccc(-c2[nH]c(=S)sc2N)c1. The second-order valence-electron chi connectivity index (χ2n) is 3.12. The van der Waals surface area contributed by atoms with Crippen molar-refractivity contribution >= 4 is 28.6 Å². The van der Waals surface area contributed by atoms with Crippen LogP contribution < -0.4 is 5.73 Å². The fraction of sp³-hybridized carbons (Fsp3) is 0.100. The van der Waals surface area contributed by atoms with E-state index >= 15 is 0 Å². The molecular formula is C10H10N2S2. The molecule has 1 aromatic carbocycles. The van der Waals surface area contributed by atoms with Gasteiger partial charge in [0.1, 0.15) is 5.00 Å². The van der Waals surface area contributed by atoms with E-state index in [0.29, 0.717) is 0 Å². The Morgan fingerprint density at radius 1 is 1.43 bits per heavy atom. The van der Waals surface area contributed by atoms with E-state index in [1.165, 1.54) is 16.9 Å². The van der Waals surface area contributed by atoms with Crippen LogP contribution in [-0.4, -0.2) is 4.98 Å². The number of nitrogens with two attached hydrogens (primary N) is 1. The summed E-state index contributed by atoms with van der Waals surface area (Å²) in [4.78, 5) is 3.10. The number of hydrogen-bond donors (Lipinski definition) is 2. The molecule has 1 heterocycles. The maximum atomic E-state index is 5.84. The third-order valence-corrected chi connectivity index (χ3v) is 3.05. The van der Waals surface area contributed by atoms with E-state index in [0.717, 1.165) is 20.2 Å². The molecule has 0 aliphatic carbocycles. The van der Waals surface area contributed by atoms with Crippen LogP contribution >= 0.6 is 23.6 Å². The molecule has 72 valence electrons. The zero-order chi connectivity index (χ0) is 10.1. The molecule has 2 aromatic rings. The van der Waals surface area contributed by atoms with E-state index in [9.17, 15) is 0 Å². The van der Waals surface area contributed by atoms with Crippen molar-refractivity contribution in [3.63, 3.8) is 0 Å². The number of aromatic amines is 1. The molecule has 4 heteroatoms. The Morgan fingerprint density at radius 2 is 2.21 bits per heavy atom. The van der Waals surface area contributed by atoms with Crippen molar-refractivity contribution in [1.29, 1.82) is 0 Å². The number of thiazole rings is 1. The predicted octanol–water partition coefficient (Wildman–Crippen LogP) is 3.36. The highest BCUT2D eigenvalue weighted by Crippen LogP contribution is 2.28. The van der Waals surface area contributed by atoms with E-state index in [4.69, 9.17) is 18.0 Å². The normalized spacial score (nSPS) is 10.4. The van der Waals surface area contributed by atoms with Crippen LogP contribution in [0.2, 0.25) is 0 Å². The minimum Gasteiger partial charge on any atom is -0.389 e. The molecule has 0 unspecified atom stereocenters. The van der Waals surface area contributed by atoms with Gasteiger partial charge >= 0.3 is 0 Å². The van der Waals surface area contributed by atoms with Crippen molar-refractivity contribution in [3.8, 4) is 11.3 Å². The van der Waals surface area contributed by atoms with Crippen LogP contribution in [0.4, 0.5) is 5.00 Å². The number of nitrogen functional groups attached to an aromatic ring is 1. The molecule has 0 atom stereocenters. The Morgan fingerprint density at radius 3 is 2.79 bits per heavy atom. The van der Waals surface area contributed by atoms with E-state index in [1.807, 2.05) is 12.1 Å². The zero-order valence-electron chi connectivity index (χ0n) is 7.70. The van der Waals surface area contributed by atoms with E-state index < -0.39 is 0 Å². The molecule has 0 saturated carbocycles. The van der Waals surface area contributed by atoms with Gasteiger partial charge in [-0.1, -0.05) is 35.1 Å². The van der Waals surface area contributed by atoms with Gasteiger partial charge in [-0.2, -0.15) is 0 Å². The summed E-state index contributed by atoms with van der Waals surface area (Å²) in [5.41, 5.74) is 9.09. The number of anilines is 1. The van der Waals surface area contributed by atoms with Gasteiger partial charge in [0, 0.05) is 5.56 Å². The average Bonchev–Trinajstić information content (AvgIpc) is 2.45. The maximum Gasteiger partial charge on any atom is 0.160 e. The second kappa shape index (κ2) is 3.55. The van der Waals surface area contributed by atoms with Crippen molar-refractivity contribution in [2.75, 3.05) is 5.73 Å². The Kier molecular flexibility index (Phi) is 2.39. The van der Waals surface area contributed by atoms with E-state index in [-0.39, 0.29) is 0 Å². The Labute approximate surface area is 91.4 Å². The second-order valence-corrected chi connectivity index (χ2v) is 4.84. The standard InChI is InChI=1S/C10H10N2S2/c1-6-3-2-4-7(5-6)8-9(11)14-10(13)12-8/h2-5H,11H2,1H3,(H,12,13). The van der Waals surface area contributed by atoms with Crippen LogP contribution in [0.25, 0.3) is 11.3 Å². The number of aromatic nitrogens is 1.